The Bertz CT molecular complexity index is 958. The van der Waals surface area contributed by atoms with E-state index in [0.29, 0.717) is 22.1 Å². The summed E-state index contributed by atoms with van der Waals surface area (Å²) in [5.74, 6) is 0.820. The van der Waals surface area contributed by atoms with Crippen LogP contribution in [0.15, 0.2) is 30.4 Å². The summed E-state index contributed by atoms with van der Waals surface area (Å²) in [6.07, 6.45) is 5.23. The molecule has 1 unspecified atom stereocenters. The molecule has 3 aliphatic rings. The number of Topliss-reactive ketones (excluding diaryl/α,β-unsaturated/α-hetero) is 1. The van der Waals surface area contributed by atoms with Crippen LogP contribution in [0.3, 0.4) is 0 Å². The Morgan fingerprint density at radius 3 is 2.75 bits per heavy atom. The van der Waals surface area contributed by atoms with Crippen molar-refractivity contribution in [2.75, 3.05) is 7.11 Å². The summed E-state index contributed by atoms with van der Waals surface area (Å²) in [6.45, 7) is 1.98. The molecule has 0 amide bonds. The summed E-state index contributed by atoms with van der Waals surface area (Å²) in [7, 11) is 1.51. The van der Waals surface area contributed by atoms with Gasteiger partial charge in [-0.1, -0.05) is 31.2 Å². The zero-order chi connectivity index (χ0) is 16.8. The first-order valence-corrected chi connectivity index (χ1v) is 8.27. The highest BCUT2D eigenvalue weighted by molar-refractivity contribution is 6.15. The second kappa shape index (κ2) is 4.12. The number of ketones is 1. The van der Waals surface area contributed by atoms with Gasteiger partial charge in [0.2, 0.25) is 0 Å². The topological polar surface area (TPSA) is 66.8 Å². The van der Waals surface area contributed by atoms with Crippen LogP contribution in [-0.2, 0) is 0 Å². The Balaban J connectivity index is 1.92. The summed E-state index contributed by atoms with van der Waals surface area (Å²) < 4.78 is 5.34. The second-order valence-corrected chi connectivity index (χ2v) is 7.35. The lowest BCUT2D eigenvalue weighted by Gasteiger charge is -2.31. The molecule has 122 valence electrons. The van der Waals surface area contributed by atoms with Crippen molar-refractivity contribution < 1.29 is 19.7 Å². The number of ether oxygens (including phenoxy) is 1. The van der Waals surface area contributed by atoms with Gasteiger partial charge in [-0.2, -0.15) is 0 Å². The molecule has 2 N–H and O–H groups in total. The van der Waals surface area contributed by atoms with Gasteiger partial charge in [0.1, 0.15) is 17.2 Å². The maximum atomic E-state index is 13.3. The summed E-state index contributed by atoms with van der Waals surface area (Å²) >= 11 is 0. The normalized spacial score (nSPS) is 32.4. The number of carbonyl (C=O) groups is 1. The minimum absolute atomic E-state index is 0.0556. The predicted molar refractivity (Wildman–Crippen MR) is 89.7 cm³/mol. The van der Waals surface area contributed by atoms with E-state index in [4.69, 9.17) is 4.74 Å². The van der Waals surface area contributed by atoms with Crippen molar-refractivity contribution in [3.05, 3.63) is 41.5 Å². The maximum absolute atomic E-state index is 13.3. The molecule has 0 aromatic heterocycles. The number of methoxy groups -OCH3 is 1. The highest BCUT2D eigenvalue weighted by Gasteiger charge is 2.64. The second-order valence-electron chi connectivity index (χ2n) is 7.35. The van der Waals surface area contributed by atoms with E-state index < -0.39 is 5.41 Å². The van der Waals surface area contributed by atoms with Gasteiger partial charge < -0.3 is 14.9 Å². The molecule has 0 aliphatic heterocycles. The monoisotopic (exact) mass is 322 g/mol. The number of hydrogen-bond donors (Lipinski definition) is 2. The first-order chi connectivity index (χ1) is 11.5. The fourth-order valence-corrected chi connectivity index (χ4v) is 5.38. The van der Waals surface area contributed by atoms with Gasteiger partial charge in [-0.3, -0.25) is 4.79 Å². The molecular weight excluding hydrogens is 304 g/mol. The van der Waals surface area contributed by atoms with Crippen LogP contribution in [0.25, 0.3) is 10.8 Å². The number of rotatable bonds is 1. The van der Waals surface area contributed by atoms with Gasteiger partial charge in [0.15, 0.2) is 5.78 Å². The first-order valence-electron chi connectivity index (χ1n) is 8.27. The first kappa shape index (κ1) is 13.9. The fourth-order valence-electron chi connectivity index (χ4n) is 5.38. The number of phenolic OH excluding ortho intramolecular Hbond substituents is 2. The van der Waals surface area contributed by atoms with E-state index in [-0.39, 0.29) is 40.6 Å². The molecule has 2 bridgehead atoms. The van der Waals surface area contributed by atoms with Crippen molar-refractivity contribution in [2.45, 2.75) is 19.3 Å². The van der Waals surface area contributed by atoms with E-state index in [9.17, 15) is 15.0 Å². The van der Waals surface area contributed by atoms with E-state index in [1.54, 1.807) is 18.2 Å². The maximum Gasteiger partial charge on any atom is 0.174 e. The molecule has 3 aliphatic carbocycles. The third-order valence-electron chi connectivity index (χ3n) is 6.49. The molecule has 0 saturated heterocycles. The molecule has 4 nitrogen and oxygen atoms in total. The van der Waals surface area contributed by atoms with Gasteiger partial charge in [0.05, 0.1) is 18.1 Å². The lowest BCUT2D eigenvalue weighted by atomic mass is 9.70. The predicted octanol–water partition coefficient (Wildman–Crippen LogP) is 3.75. The van der Waals surface area contributed by atoms with Crippen molar-refractivity contribution in [1.82, 2.24) is 0 Å². The van der Waals surface area contributed by atoms with Crippen molar-refractivity contribution in [3.8, 4) is 17.2 Å². The Morgan fingerprint density at radius 1 is 1.21 bits per heavy atom. The number of allylic oxidation sites excluding steroid dienone is 2. The number of hydrogen-bond acceptors (Lipinski definition) is 4. The van der Waals surface area contributed by atoms with Crippen LogP contribution < -0.4 is 4.74 Å². The summed E-state index contributed by atoms with van der Waals surface area (Å²) in [5.41, 5.74) is 0.342. The average Bonchev–Trinajstić information content (AvgIpc) is 3.23. The Kier molecular flexibility index (Phi) is 2.39. The molecular formula is C20H18O4. The minimum Gasteiger partial charge on any atom is -0.507 e. The van der Waals surface area contributed by atoms with E-state index in [2.05, 4.69) is 12.2 Å². The zero-order valence-corrected chi connectivity index (χ0v) is 13.5. The molecule has 4 atom stereocenters. The third-order valence-corrected chi connectivity index (χ3v) is 6.49. The van der Waals surface area contributed by atoms with E-state index in [0.717, 1.165) is 6.42 Å². The molecule has 4 heteroatoms. The largest absolute Gasteiger partial charge is 0.507 e. The van der Waals surface area contributed by atoms with Crippen LogP contribution in [0.1, 0.15) is 35.2 Å². The van der Waals surface area contributed by atoms with Gasteiger partial charge >= 0.3 is 0 Å². The van der Waals surface area contributed by atoms with Gasteiger partial charge in [0.25, 0.3) is 0 Å². The summed E-state index contributed by atoms with van der Waals surface area (Å²) in [6, 6.07) is 5.26. The Labute approximate surface area is 139 Å². The van der Waals surface area contributed by atoms with Crippen LogP contribution in [0.5, 0.6) is 17.2 Å². The Hall–Kier alpha value is -2.49. The number of fused-ring (bicyclic) bond motifs is 8. The van der Waals surface area contributed by atoms with Crippen LogP contribution in [0.2, 0.25) is 0 Å². The number of benzene rings is 2. The van der Waals surface area contributed by atoms with Gasteiger partial charge in [-0.05, 0) is 24.3 Å². The third kappa shape index (κ3) is 1.27. The van der Waals surface area contributed by atoms with Crippen LogP contribution >= 0.6 is 0 Å². The molecule has 0 heterocycles. The van der Waals surface area contributed by atoms with Crippen molar-refractivity contribution in [3.63, 3.8) is 0 Å². The fraction of sp³-hybridized carbons (Fsp3) is 0.350. The SMILES string of the molecule is COc1cccc2c(O)c3c(c(O)c12)C(=O)[C@]1(C)C3[C@@H]2C=C[C@H]1C2. The van der Waals surface area contributed by atoms with E-state index in [1.807, 2.05) is 6.92 Å². The van der Waals surface area contributed by atoms with E-state index in [1.165, 1.54) is 7.11 Å². The Morgan fingerprint density at radius 2 is 2.00 bits per heavy atom. The number of aromatic hydroxyl groups is 2. The molecule has 1 saturated carbocycles. The number of phenols is 2. The highest BCUT2D eigenvalue weighted by atomic mass is 16.5. The quantitative estimate of drug-likeness (QED) is 0.620. The van der Waals surface area contributed by atoms with Crippen LogP contribution in [0.4, 0.5) is 0 Å². The van der Waals surface area contributed by atoms with Crippen LogP contribution in [0, 0.1) is 17.3 Å². The van der Waals surface area contributed by atoms with Crippen molar-refractivity contribution in [1.29, 1.82) is 0 Å². The van der Waals surface area contributed by atoms with Crippen molar-refractivity contribution >= 4 is 16.6 Å². The lowest BCUT2D eigenvalue weighted by molar-refractivity contribution is 0.0779. The lowest BCUT2D eigenvalue weighted by Crippen LogP contribution is -2.32. The molecule has 24 heavy (non-hydrogen) atoms. The molecule has 0 spiro atoms. The zero-order valence-electron chi connectivity index (χ0n) is 13.5. The average molecular weight is 322 g/mol. The molecule has 2 aromatic rings. The van der Waals surface area contributed by atoms with Gasteiger partial charge in [-0.15, -0.1) is 0 Å². The number of carbonyl (C=O) groups excluding carboxylic acids is 1. The molecule has 1 fully saturated rings. The summed E-state index contributed by atoms with van der Waals surface area (Å²) in [4.78, 5) is 13.3. The summed E-state index contributed by atoms with van der Waals surface area (Å²) in [5, 5.41) is 22.8. The standard InChI is InChI=1S/C20H18O4/c1-20-10-7-6-9(8-10)16(20)14-15(19(20)23)18(22)13-11(17(14)21)4-3-5-12(13)24-2/h3-7,9-10,16,21-22H,8H2,1-2H3/t9-,10+,16?,20+/m1/s1. The molecule has 0 radical (unpaired) electrons. The minimum atomic E-state index is -0.568. The highest BCUT2D eigenvalue weighted by Crippen LogP contribution is 2.69. The van der Waals surface area contributed by atoms with E-state index >= 15 is 0 Å². The smallest absolute Gasteiger partial charge is 0.174 e. The molecule has 2 aromatic carbocycles. The van der Waals surface area contributed by atoms with Gasteiger partial charge in [0, 0.05) is 22.3 Å². The van der Waals surface area contributed by atoms with Crippen molar-refractivity contribution in [2.24, 2.45) is 17.3 Å². The van der Waals surface area contributed by atoms with Crippen LogP contribution in [-0.4, -0.2) is 23.1 Å². The molecule has 5 rings (SSSR count). The van der Waals surface area contributed by atoms with Gasteiger partial charge in [-0.25, -0.2) is 0 Å².